The third-order valence-corrected chi connectivity index (χ3v) is 5.61. The van der Waals surface area contributed by atoms with E-state index in [9.17, 15) is 21.6 Å². The van der Waals surface area contributed by atoms with E-state index >= 15 is 0 Å². The Morgan fingerprint density at radius 3 is 2.44 bits per heavy atom. The number of nitrogens with zero attached hydrogens (tertiary/aromatic N) is 2. The molecule has 0 heterocycles. The van der Waals surface area contributed by atoms with Crippen molar-refractivity contribution >= 4 is 21.6 Å². The van der Waals surface area contributed by atoms with E-state index in [-0.39, 0.29) is 12.1 Å². The first-order valence-electron chi connectivity index (χ1n) is 6.88. The Hall–Kier alpha value is -2.08. The van der Waals surface area contributed by atoms with Gasteiger partial charge in [-0.1, -0.05) is 29.8 Å². The summed E-state index contributed by atoms with van der Waals surface area (Å²) in [7, 11) is -2.97. The second kappa shape index (κ2) is 7.04. The Morgan fingerprint density at radius 2 is 1.84 bits per heavy atom. The monoisotopic (exact) mass is 388 g/mol. The molecule has 25 heavy (non-hydrogen) atoms. The van der Waals surface area contributed by atoms with Crippen LogP contribution in [0.15, 0.2) is 47.4 Å². The molecule has 9 heteroatoms. The standard InChI is InChI=1S/C16H12ClF3N2O2S/c1-22(10-12-5-3-2-4-11(12)9-21)25(23,24)13-6-7-15(17)14(8-13)16(18,19)20/h2-8H,10H2,1H3. The van der Waals surface area contributed by atoms with Crippen molar-refractivity contribution in [3.8, 4) is 6.07 Å². The predicted octanol–water partition coefficient (Wildman–Crippen LogP) is 4.05. The van der Waals surface area contributed by atoms with Gasteiger partial charge in [0.2, 0.25) is 10.0 Å². The second-order valence-electron chi connectivity index (χ2n) is 5.17. The summed E-state index contributed by atoms with van der Waals surface area (Å²) < 4.78 is 64.8. The molecule has 132 valence electrons. The average Bonchev–Trinajstić information content (AvgIpc) is 2.54. The highest BCUT2D eigenvalue weighted by molar-refractivity contribution is 7.89. The Morgan fingerprint density at radius 1 is 1.20 bits per heavy atom. The van der Waals surface area contributed by atoms with E-state index in [2.05, 4.69) is 0 Å². The van der Waals surface area contributed by atoms with Gasteiger partial charge >= 0.3 is 6.18 Å². The van der Waals surface area contributed by atoms with Gasteiger partial charge in [-0.2, -0.15) is 22.7 Å². The highest BCUT2D eigenvalue weighted by atomic mass is 35.5. The van der Waals surface area contributed by atoms with Gasteiger partial charge in [0, 0.05) is 13.6 Å². The maximum Gasteiger partial charge on any atom is 0.417 e. The molecule has 2 aromatic carbocycles. The summed E-state index contributed by atoms with van der Waals surface area (Å²) in [6, 6.07) is 10.7. The van der Waals surface area contributed by atoms with Gasteiger partial charge in [-0.25, -0.2) is 8.42 Å². The summed E-state index contributed by atoms with van der Waals surface area (Å²) in [6.45, 7) is -0.157. The smallest absolute Gasteiger partial charge is 0.207 e. The molecule has 0 fully saturated rings. The molecule has 0 saturated carbocycles. The number of alkyl halides is 3. The molecule has 0 aromatic heterocycles. The molecule has 0 amide bonds. The van der Waals surface area contributed by atoms with E-state index in [0.717, 1.165) is 16.4 Å². The molecule has 2 aromatic rings. The number of sulfonamides is 1. The number of rotatable bonds is 4. The zero-order chi connectivity index (χ0) is 18.8. The molecule has 0 aliphatic carbocycles. The van der Waals surface area contributed by atoms with E-state index in [1.54, 1.807) is 18.2 Å². The van der Waals surface area contributed by atoms with Crippen LogP contribution in [0.3, 0.4) is 0 Å². The zero-order valence-electron chi connectivity index (χ0n) is 12.9. The van der Waals surface area contributed by atoms with Crippen molar-refractivity contribution < 1.29 is 21.6 Å². The molecule has 0 spiro atoms. The van der Waals surface area contributed by atoms with Gasteiger partial charge in [-0.3, -0.25) is 0 Å². The molecule has 0 aliphatic heterocycles. The first-order valence-corrected chi connectivity index (χ1v) is 8.70. The minimum Gasteiger partial charge on any atom is -0.207 e. The Kier molecular flexibility index (Phi) is 5.42. The van der Waals surface area contributed by atoms with Crippen LogP contribution in [0.2, 0.25) is 5.02 Å². The molecule has 0 aliphatic rings. The van der Waals surface area contributed by atoms with Gasteiger partial charge in [0.1, 0.15) is 0 Å². The van der Waals surface area contributed by atoms with E-state index in [0.29, 0.717) is 11.6 Å². The number of hydrogen-bond donors (Lipinski definition) is 0. The lowest BCUT2D eigenvalue weighted by molar-refractivity contribution is -0.137. The van der Waals surface area contributed by atoms with E-state index in [1.807, 2.05) is 6.07 Å². The van der Waals surface area contributed by atoms with Crippen LogP contribution in [0.4, 0.5) is 13.2 Å². The van der Waals surface area contributed by atoms with Crippen molar-refractivity contribution in [1.29, 1.82) is 5.26 Å². The lowest BCUT2D eigenvalue weighted by atomic mass is 10.1. The van der Waals surface area contributed by atoms with Crippen LogP contribution in [0.1, 0.15) is 16.7 Å². The third-order valence-electron chi connectivity index (χ3n) is 3.48. The highest BCUT2D eigenvalue weighted by Crippen LogP contribution is 2.36. The molecule has 0 N–H and O–H groups in total. The zero-order valence-corrected chi connectivity index (χ0v) is 14.5. The van der Waals surface area contributed by atoms with E-state index in [4.69, 9.17) is 16.9 Å². The number of hydrogen-bond acceptors (Lipinski definition) is 3. The summed E-state index contributed by atoms with van der Waals surface area (Å²) in [5, 5.41) is 8.47. The summed E-state index contributed by atoms with van der Waals surface area (Å²) in [4.78, 5) is -0.527. The lowest BCUT2D eigenvalue weighted by Crippen LogP contribution is -2.27. The Bertz CT molecular complexity index is 937. The van der Waals surface area contributed by atoms with Crippen LogP contribution in [0.5, 0.6) is 0 Å². The average molecular weight is 389 g/mol. The number of benzene rings is 2. The van der Waals surface area contributed by atoms with Crippen LogP contribution in [0.25, 0.3) is 0 Å². The number of nitriles is 1. The normalized spacial score (nSPS) is 12.2. The first-order chi connectivity index (χ1) is 11.6. The molecule has 0 radical (unpaired) electrons. The fourth-order valence-electron chi connectivity index (χ4n) is 2.15. The quantitative estimate of drug-likeness (QED) is 0.793. The highest BCUT2D eigenvalue weighted by Gasteiger charge is 2.35. The fraction of sp³-hybridized carbons (Fsp3) is 0.188. The minimum atomic E-state index is -4.77. The van der Waals surface area contributed by atoms with Crippen LogP contribution in [0, 0.1) is 11.3 Å². The summed E-state index contributed by atoms with van der Waals surface area (Å²) in [5.41, 5.74) is -0.487. The topological polar surface area (TPSA) is 61.2 Å². The van der Waals surface area contributed by atoms with Gasteiger partial charge in [0.15, 0.2) is 0 Å². The van der Waals surface area contributed by atoms with Gasteiger partial charge in [-0.05, 0) is 29.8 Å². The van der Waals surface area contributed by atoms with Crippen LogP contribution in [-0.4, -0.2) is 19.8 Å². The Labute approximate surface area is 148 Å². The number of halogens is 4. The molecular formula is C16H12ClF3N2O2S. The Balaban J connectivity index is 2.40. The molecule has 0 bridgehead atoms. The molecule has 0 atom stereocenters. The van der Waals surface area contributed by atoms with Crippen molar-refractivity contribution in [3.63, 3.8) is 0 Å². The lowest BCUT2D eigenvalue weighted by Gasteiger charge is -2.19. The molecule has 4 nitrogen and oxygen atoms in total. The molecular weight excluding hydrogens is 377 g/mol. The van der Waals surface area contributed by atoms with Crippen molar-refractivity contribution in [2.45, 2.75) is 17.6 Å². The van der Waals surface area contributed by atoms with Crippen molar-refractivity contribution in [1.82, 2.24) is 4.31 Å². The van der Waals surface area contributed by atoms with E-state index in [1.165, 1.54) is 13.1 Å². The first kappa shape index (κ1) is 19.2. The minimum absolute atomic E-state index is 0.157. The molecule has 2 rings (SSSR count). The summed E-state index contributed by atoms with van der Waals surface area (Å²) in [5.74, 6) is 0. The second-order valence-corrected chi connectivity index (χ2v) is 7.62. The maximum absolute atomic E-state index is 12.9. The molecule has 0 unspecified atom stereocenters. The van der Waals surface area contributed by atoms with Crippen LogP contribution >= 0.6 is 11.6 Å². The van der Waals surface area contributed by atoms with Crippen molar-refractivity contribution in [2.75, 3.05) is 7.05 Å². The summed E-state index contributed by atoms with van der Waals surface area (Å²) in [6.07, 6.45) is -4.77. The van der Waals surface area contributed by atoms with Crippen LogP contribution < -0.4 is 0 Å². The largest absolute Gasteiger partial charge is 0.417 e. The van der Waals surface area contributed by atoms with Gasteiger partial charge in [0.25, 0.3) is 0 Å². The van der Waals surface area contributed by atoms with Crippen molar-refractivity contribution in [2.24, 2.45) is 0 Å². The van der Waals surface area contributed by atoms with Crippen molar-refractivity contribution in [3.05, 3.63) is 64.2 Å². The van der Waals surface area contributed by atoms with Crippen LogP contribution in [-0.2, 0) is 22.7 Å². The fourth-order valence-corrected chi connectivity index (χ4v) is 3.55. The van der Waals surface area contributed by atoms with Gasteiger partial charge in [0.05, 0.1) is 27.1 Å². The SMILES string of the molecule is CN(Cc1ccccc1C#N)S(=O)(=O)c1ccc(Cl)c(C(F)(F)F)c1. The van der Waals surface area contributed by atoms with E-state index < -0.39 is 31.7 Å². The predicted molar refractivity (Wildman–Crippen MR) is 86.3 cm³/mol. The van der Waals surface area contributed by atoms with Gasteiger partial charge in [-0.15, -0.1) is 0 Å². The summed E-state index contributed by atoms with van der Waals surface area (Å²) >= 11 is 5.52. The molecule has 0 saturated heterocycles. The maximum atomic E-state index is 12.9. The van der Waals surface area contributed by atoms with Gasteiger partial charge < -0.3 is 0 Å². The third kappa shape index (κ3) is 4.12.